The van der Waals surface area contributed by atoms with Crippen molar-refractivity contribution in [2.75, 3.05) is 14.2 Å². The summed E-state index contributed by atoms with van der Waals surface area (Å²) >= 11 is 0. The molecular formula is C29H29N2NaO6S. The first-order chi connectivity index (χ1) is 18.1. The van der Waals surface area contributed by atoms with Crippen molar-refractivity contribution in [2.45, 2.75) is 18.7 Å². The van der Waals surface area contributed by atoms with E-state index in [0.29, 0.717) is 17.1 Å². The SMILES string of the molecule is C=C(C(=O)c1ccc(S(=O)(=O)NC(=O)C(C)C)cc1)c1cc(-c2cc3ccccc3[nH]2)c(OC)cc1OC.[H-].[Na+]. The maximum absolute atomic E-state index is 13.4. The second-order valence-electron chi connectivity index (χ2n) is 8.98. The number of H-pyrrole nitrogens is 1. The van der Waals surface area contributed by atoms with Crippen LogP contribution in [0.1, 0.15) is 31.2 Å². The van der Waals surface area contributed by atoms with Crippen LogP contribution in [0.4, 0.5) is 0 Å². The van der Waals surface area contributed by atoms with E-state index in [4.69, 9.17) is 9.47 Å². The third kappa shape index (κ3) is 6.28. The summed E-state index contributed by atoms with van der Waals surface area (Å²) in [6, 6.07) is 18.6. The molecule has 0 saturated heterocycles. The molecule has 0 atom stereocenters. The van der Waals surface area contributed by atoms with Crippen LogP contribution in [0.3, 0.4) is 0 Å². The number of para-hydroxylation sites is 1. The zero-order valence-electron chi connectivity index (χ0n) is 23.5. The van der Waals surface area contributed by atoms with Gasteiger partial charge < -0.3 is 15.9 Å². The largest absolute Gasteiger partial charge is 1.00 e. The number of rotatable bonds is 9. The van der Waals surface area contributed by atoms with Crippen molar-refractivity contribution in [2.24, 2.45) is 5.92 Å². The Morgan fingerprint density at radius 3 is 2.18 bits per heavy atom. The quantitative estimate of drug-likeness (QED) is 0.186. The fourth-order valence-electron chi connectivity index (χ4n) is 3.95. The Morgan fingerprint density at radius 1 is 0.949 bits per heavy atom. The molecule has 0 bridgehead atoms. The summed E-state index contributed by atoms with van der Waals surface area (Å²) in [6.07, 6.45) is 0. The Labute approximate surface area is 251 Å². The van der Waals surface area contributed by atoms with Gasteiger partial charge in [0.25, 0.3) is 10.0 Å². The molecule has 3 aromatic carbocycles. The van der Waals surface area contributed by atoms with E-state index in [2.05, 4.69) is 11.6 Å². The van der Waals surface area contributed by atoms with Gasteiger partial charge in [-0.15, -0.1) is 0 Å². The molecule has 4 aromatic rings. The number of hydrogen-bond donors (Lipinski definition) is 2. The number of amides is 1. The topological polar surface area (TPSA) is 115 Å². The number of carbonyl (C=O) groups excluding carboxylic acids is 2. The van der Waals surface area contributed by atoms with E-state index in [0.717, 1.165) is 22.2 Å². The van der Waals surface area contributed by atoms with E-state index in [1.54, 1.807) is 33.1 Å². The standard InChI is InChI=1S/C29H28N2O6S.Na.H/c1-17(2)29(33)31-38(34,35)21-12-10-19(11-13-21)28(32)18(3)22-15-23(27(37-5)16-26(22)36-4)25-14-20-8-6-7-9-24(20)30-25;;/h6-17,30H,3H2,1-2,4-5H3,(H,31,33);;/q;+1;-1. The van der Waals surface area contributed by atoms with Crippen molar-refractivity contribution >= 4 is 38.2 Å². The first-order valence-corrected chi connectivity index (χ1v) is 13.3. The molecule has 10 heteroatoms. The van der Waals surface area contributed by atoms with E-state index in [-0.39, 0.29) is 47.0 Å². The maximum atomic E-state index is 13.4. The average molecular weight is 557 g/mol. The number of aromatic nitrogens is 1. The fourth-order valence-corrected chi connectivity index (χ4v) is 5.07. The van der Waals surface area contributed by atoms with Crippen LogP contribution in [0, 0.1) is 5.92 Å². The van der Waals surface area contributed by atoms with E-state index in [1.165, 1.54) is 31.4 Å². The minimum absolute atomic E-state index is 0. The molecule has 0 spiro atoms. The molecule has 4 rings (SSSR count). The van der Waals surface area contributed by atoms with Crippen LogP contribution in [0.25, 0.3) is 27.7 Å². The molecule has 1 amide bonds. The molecule has 2 N–H and O–H groups in total. The maximum Gasteiger partial charge on any atom is 1.00 e. The van der Waals surface area contributed by atoms with E-state index >= 15 is 0 Å². The molecule has 0 aliphatic heterocycles. The third-order valence-corrected chi connectivity index (χ3v) is 7.49. The Balaban J connectivity index is 0.00000280. The molecule has 198 valence electrons. The number of sulfonamides is 1. The number of carbonyl (C=O) groups is 2. The smallest absolute Gasteiger partial charge is 1.00 e. The van der Waals surface area contributed by atoms with Gasteiger partial charge in [-0.3, -0.25) is 9.59 Å². The van der Waals surface area contributed by atoms with Crippen molar-refractivity contribution in [3.8, 4) is 22.8 Å². The Bertz CT molecular complexity index is 1630. The molecule has 39 heavy (non-hydrogen) atoms. The van der Waals surface area contributed by atoms with Crippen LogP contribution in [0.5, 0.6) is 11.5 Å². The monoisotopic (exact) mass is 556 g/mol. The number of fused-ring (bicyclic) bond motifs is 1. The number of ketones is 1. The third-order valence-electron chi connectivity index (χ3n) is 6.13. The number of ether oxygens (including phenoxy) is 2. The van der Waals surface area contributed by atoms with E-state index in [1.807, 2.05) is 35.1 Å². The van der Waals surface area contributed by atoms with Gasteiger partial charge >= 0.3 is 29.6 Å². The van der Waals surface area contributed by atoms with Crippen LogP contribution in [-0.2, 0) is 14.8 Å². The first-order valence-electron chi connectivity index (χ1n) is 11.8. The van der Waals surface area contributed by atoms with Gasteiger partial charge in [-0.05, 0) is 42.5 Å². The summed E-state index contributed by atoms with van der Waals surface area (Å²) < 4.78 is 38.2. The van der Waals surface area contributed by atoms with Crippen molar-refractivity contribution in [3.63, 3.8) is 0 Å². The number of nitrogens with one attached hydrogen (secondary N) is 2. The van der Waals surface area contributed by atoms with Gasteiger partial charge in [-0.1, -0.05) is 38.6 Å². The molecule has 0 aliphatic rings. The number of Topliss-reactive ketones (excluding diaryl/α,β-unsaturated/α-hetero) is 1. The molecule has 8 nitrogen and oxygen atoms in total. The van der Waals surface area contributed by atoms with Gasteiger partial charge in [0.2, 0.25) is 5.91 Å². The molecular weight excluding hydrogens is 527 g/mol. The van der Waals surface area contributed by atoms with Crippen LogP contribution in [0.15, 0.2) is 78.2 Å². The molecule has 1 aromatic heterocycles. The zero-order valence-corrected chi connectivity index (χ0v) is 25.3. The minimum atomic E-state index is -4.06. The second kappa shape index (κ2) is 12.2. The van der Waals surface area contributed by atoms with Gasteiger partial charge in [-0.25, -0.2) is 13.1 Å². The Morgan fingerprint density at radius 2 is 1.59 bits per heavy atom. The average Bonchev–Trinajstić information content (AvgIpc) is 3.35. The van der Waals surface area contributed by atoms with Gasteiger partial charge in [0, 0.05) is 45.2 Å². The molecule has 0 fully saturated rings. The molecule has 0 unspecified atom stereocenters. The summed E-state index contributed by atoms with van der Waals surface area (Å²) in [4.78, 5) is 28.5. The number of aromatic amines is 1. The number of allylic oxidation sites excluding steroid dienone is 1. The van der Waals surface area contributed by atoms with Crippen molar-refractivity contribution in [1.29, 1.82) is 0 Å². The fraction of sp³-hybridized carbons (Fsp3) is 0.172. The molecule has 0 aliphatic carbocycles. The normalized spacial score (nSPS) is 11.1. The van der Waals surface area contributed by atoms with E-state index < -0.39 is 27.6 Å². The predicted octanol–water partition coefficient (Wildman–Crippen LogP) is 2.33. The Hall–Kier alpha value is -3.37. The molecule has 0 radical (unpaired) electrons. The summed E-state index contributed by atoms with van der Waals surface area (Å²) in [5.74, 6) is -0.573. The van der Waals surface area contributed by atoms with Crippen LogP contribution in [0.2, 0.25) is 0 Å². The van der Waals surface area contributed by atoms with Crippen molar-refractivity contribution in [1.82, 2.24) is 9.71 Å². The number of benzene rings is 3. The van der Waals surface area contributed by atoms with Gasteiger partial charge in [0.15, 0.2) is 5.78 Å². The van der Waals surface area contributed by atoms with Gasteiger partial charge in [0.1, 0.15) is 11.5 Å². The van der Waals surface area contributed by atoms with Crippen LogP contribution < -0.4 is 43.8 Å². The predicted molar refractivity (Wildman–Crippen MR) is 148 cm³/mol. The van der Waals surface area contributed by atoms with Gasteiger partial charge in [0.05, 0.1) is 24.8 Å². The first kappa shape index (κ1) is 30.2. The summed E-state index contributed by atoms with van der Waals surface area (Å²) in [5.41, 5.74) is 3.32. The summed E-state index contributed by atoms with van der Waals surface area (Å²) in [6.45, 7) is 7.20. The number of hydrogen-bond acceptors (Lipinski definition) is 6. The summed E-state index contributed by atoms with van der Waals surface area (Å²) in [5, 5.41) is 1.02. The minimum Gasteiger partial charge on any atom is -1.00 e. The summed E-state index contributed by atoms with van der Waals surface area (Å²) in [7, 11) is -1.01. The van der Waals surface area contributed by atoms with Crippen molar-refractivity contribution in [3.05, 3.63) is 84.4 Å². The van der Waals surface area contributed by atoms with Crippen LogP contribution in [-0.4, -0.2) is 39.3 Å². The number of methoxy groups -OCH3 is 2. The van der Waals surface area contributed by atoms with Crippen molar-refractivity contribution < 1.29 is 58.5 Å². The van der Waals surface area contributed by atoms with E-state index in [9.17, 15) is 18.0 Å². The molecule has 1 heterocycles. The molecule has 0 saturated carbocycles. The zero-order chi connectivity index (χ0) is 27.6. The van der Waals surface area contributed by atoms with Crippen LogP contribution >= 0.6 is 0 Å². The Kier molecular flexibility index (Phi) is 9.45. The van der Waals surface area contributed by atoms with Gasteiger partial charge in [-0.2, -0.15) is 0 Å². The second-order valence-corrected chi connectivity index (χ2v) is 10.7.